The number of carbonyl (C=O) groups is 2. The van der Waals surface area contributed by atoms with Gasteiger partial charge in [-0.1, -0.05) is 42.5 Å². The number of rotatable bonds is 9. The molecule has 1 aliphatic rings. The minimum absolute atomic E-state index is 0.325. The molecular formula is C25H27F2N3O3. The molecule has 2 N–H and O–H groups in total. The van der Waals surface area contributed by atoms with Gasteiger partial charge >= 0.3 is 12.0 Å². The Morgan fingerprint density at radius 1 is 1.12 bits per heavy atom. The molecule has 2 amide bonds. The molecule has 174 valence electrons. The zero-order chi connectivity index (χ0) is 24.1. The number of aryl methyl sites for hydroxylation is 1. The summed E-state index contributed by atoms with van der Waals surface area (Å²) in [5, 5.41) is 20.9. The zero-order valence-corrected chi connectivity index (χ0v) is 18.4. The van der Waals surface area contributed by atoms with E-state index >= 15 is 0 Å². The standard InChI is InChI=1S/C25H27F2N3O3/c1-18(21-12-10-20(15-28)11-13-21)30(14-6-5-9-19-7-3-2-4-8-19)23(33)29-24(22(31)32)16-25(26,27)17-24/h2-4,7-8,10-13,18H,5-6,9,14,16-17H2,1H3,(H,29,33)(H,31,32). The average Bonchev–Trinajstić information content (AvgIpc) is 2.77. The van der Waals surface area contributed by atoms with Gasteiger partial charge in [0.25, 0.3) is 5.92 Å². The number of carboxylic acids is 1. The van der Waals surface area contributed by atoms with Gasteiger partial charge in [0.05, 0.1) is 17.7 Å². The number of benzene rings is 2. The van der Waals surface area contributed by atoms with Gasteiger partial charge in [0, 0.05) is 19.4 Å². The highest BCUT2D eigenvalue weighted by molar-refractivity contribution is 5.87. The fraction of sp³-hybridized carbons (Fsp3) is 0.400. The maximum atomic E-state index is 13.5. The number of amides is 2. The van der Waals surface area contributed by atoms with Crippen LogP contribution < -0.4 is 5.32 Å². The van der Waals surface area contributed by atoms with Crippen LogP contribution in [-0.4, -0.2) is 40.0 Å². The van der Waals surface area contributed by atoms with Crippen molar-refractivity contribution in [1.82, 2.24) is 10.2 Å². The number of carboxylic acid groups (broad SMARTS) is 1. The van der Waals surface area contributed by atoms with Crippen LogP contribution >= 0.6 is 0 Å². The van der Waals surface area contributed by atoms with Gasteiger partial charge in [-0.3, -0.25) is 0 Å². The third-order valence-corrected chi connectivity index (χ3v) is 6.08. The summed E-state index contributed by atoms with van der Waals surface area (Å²) in [5.74, 6) is -4.57. The van der Waals surface area contributed by atoms with Crippen molar-refractivity contribution in [2.24, 2.45) is 0 Å². The second-order valence-corrected chi connectivity index (χ2v) is 8.57. The molecule has 1 atom stereocenters. The summed E-state index contributed by atoms with van der Waals surface area (Å²) in [6.07, 6.45) is 0.435. The number of nitriles is 1. The lowest BCUT2D eigenvalue weighted by Gasteiger charge is -2.45. The number of alkyl halides is 2. The Morgan fingerprint density at radius 2 is 1.76 bits per heavy atom. The van der Waals surface area contributed by atoms with E-state index in [-0.39, 0.29) is 0 Å². The summed E-state index contributed by atoms with van der Waals surface area (Å²) in [5.41, 5.74) is 0.449. The molecule has 0 heterocycles. The van der Waals surface area contributed by atoms with Crippen LogP contribution in [0.4, 0.5) is 13.6 Å². The van der Waals surface area contributed by atoms with E-state index < -0.39 is 42.3 Å². The Kier molecular flexibility index (Phi) is 7.32. The Hall–Kier alpha value is -3.47. The first-order valence-corrected chi connectivity index (χ1v) is 10.9. The van der Waals surface area contributed by atoms with Crippen molar-refractivity contribution >= 4 is 12.0 Å². The second kappa shape index (κ2) is 9.99. The molecule has 6 nitrogen and oxygen atoms in total. The summed E-state index contributed by atoms with van der Waals surface area (Å²) >= 11 is 0. The summed E-state index contributed by atoms with van der Waals surface area (Å²) < 4.78 is 27.0. The van der Waals surface area contributed by atoms with Gasteiger partial charge in [0.2, 0.25) is 0 Å². The van der Waals surface area contributed by atoms with Gasteiger partial charge in [-0.25, -0.2) is 18.4 Å². The maximum absolute atomic E-state index is 13.5. The molecule has 0 aromatic heterocycles. The SMILES string of the molecule is CC(c1ccc(C#N)cc1)N(CCCCc1ccccc1)C(=O)NC1(C(=O)O)CC(F)(F)C1. The van der Waals surface area contributed by atoms with E-state index in [1.54, 1.807) is 31.2 Å². The van der Waals surface area contributed by atoms with Crippen molar-refractivity contribution in [3.63, 3.8) is 0 Å². The van der Waals surface area contributed by atoms with Gasteiger partial charge in [0.15, 0.2) is 5.54 Å². The number of unbranched alkanes of at least 4 members (excludes halogenated alkanes) is 1. The molecule has 3 rings (SSSR count). The molecule has 0 bridgehead atoms. The van der Waals surface area contributed by atoms with Crippen LogP contribution in [-0.2, 0) is 11.2 Å². The topological polar surface area (TPSA) is 93.4 Å². The molecule has 2 aromatic carbocycles. The number of nitrogens with zero attached hydrogens (tertiary/aromatic N) is 2. The fourth-order valence-corrected chi connectivity index (χ4v) is 4.14. The van der Waals surface area contributed by atoms with Crippen LogP contribution in [0.15, 0.2) is 54.6 Å². The van der Waals surface area contributed by atoms with Crippen LogP contribution in [0.1, 0.15) is 55.3 Å². The van der Waals surface area contributed by atoms with Crippen molar-refractivity contribution < 1.29 is 23.5 Å². The highest BCUT2D eigenvalue weighted by atomic mass is 19.3. The Morgan fingerprint density at radius 3 is 2.30 bits per heavy atom. The minimum Gasteiger partial charge on any atom is -0.479 e. The Labute approximate surface area is 191 Å². The molecule has 0 saturated heterocycles. The third-order valence-electron chi connectivity index (χ3n) is 6.08. The highest BCUT2D eigenvalue weighted by Gasteiger charge is 2.62. The molecular weight excluding hydrogens is 428 g/mol. The lowest BCUT2D eigenvalue weighted by molar-refractivity contribution is -0.175. The van der Waals surface area contributed by atoms with Gasteiger partial charge in [-0.05, 0) is 49.4 Å². The van der Waals surface area contributed by atoms with E-state index in [2.05, 4.69) is 5.32 Å². The summed E-state index contributed by atoms with van der Waals surface area (Å²) in [7, 11) is 0. The summed E-state index contributed by atoms with van der Waals surface area (Å²) in [4.78, 5) is 26.3. The Balaban J connectivity index is 1.72. The summed E-state index contributed by atoms with van der Waals surface area (Å²) in [6.45, 7) is 2.12. The monoisotopic (exact) mass is 455 g/mol. The number of aliphatic carboxylic acids is 1. The molecule has 0 spiro atoms. The number of urea groups is 1. The second-order valence-electron chi connectivity index (χ2n) is 8.57. The van der Waals surface area contributed by atoms with Crippen molar-refractivity contribution in [2.75, 3.05) is 6.54 Å². The summed E-state index contributed by atoms with van der Waals surface area (Å²) in [6, 6.07) is 17.6. The number of hydrogen-bond acceptors (Lipinski definition) is 3. The normalized spacial score (nSPS) is 16.7. The van der Waals surface area contributed by atoms with Gasteiger partial charge in [-0.15, -0.1) is 0 Å². The largest absolute Gasteiger partial charge is 0.479 e. The van der Waals surface area contributed by atoms with E-state index in [4.69, 9.17) is 5.26 Å². The zero-order valence-electron chi connectivity index (χ0n) is 18.4. The van der Waals surface area contributed by atoms with E-state index in [0.717, 1.165) is 18.4 Å². The number of nitrogens with one attached hydrogen (secondary N) is 1. The molecule has 2 aromatic rings. The van der Waals surface area contributed by atoms with Gasteiger partial charge in [-0.2, -0.15) is 5.26 Å². The van der Waals surface area contributed by atoms with Gasteiger partial charge in [0.1, 0.15) is 0 Å². The van der Waals surface area contributed by atoms with E-state index in [0.29, 0.717) is 18.5 Å². The molecule has 1 unspecified atom stereocenters. The van der Waals surface area contributed by atoms with Crippen LogP contribution in [0.3, 0.4) is 0 Å². The molecule has 8 heteroatoms. The average molecular weight is 456 g/mol. The molecule has 1 saturated carbocycles. The van der Waals surface area contributed by atoms with Gasteiger partial charge < -0.3 is 15.3 Å². The van der Waals surface area contributed by atoms with Crippen molar-refractivity contribution in [3.8, 4) is 6.07 Å². The van der Waals surface area contributed by atoms with E-state index in [9.17, 15) is 23.5 Å². The number of halogens is 2. The quantitative estimate of drug-likeness (QED) is 0.526. The third kappa shape index (κ3) is 5.86. The first-order chi connectivity index (χ1) is 15.7. The van der Waals surface area contributed by atoms with Crippen LogP contribution in [0.5, 0.6) is 0 Å². The fourth-order valence-electron chi connectivity index (χ4n) is 4.14. The van der Waals surface area contributed by atoms with E-state index in [1.165, 1.54) is 10.5 Å². The predicted molar refractivity (Wildman–Crippen MR) is 119 cm³/mol. The minimum atomic E-state index is -3.11. The van der Waals surface area contributed by atoms with E-state index in [1.807, 2.05) is 36.4 Å². The van der Waals surface area contributed by atoms with Crippen molar-refractivity contribution in [2.45, 2.75) is 56.5 Å². The lowest BCUT2D eigenvalue weighted by atomic mass is 9.73. The highest BCUT2D eigenvalue weighted by Crippen LogP contribution is 2.46. The molecule has 1 fully saturated rings. The van der Waals surface area contributed by atoms with Crippen LogP contribution in [0.25, 0.3) is 0 Å². The smallest absolute Gasteiger partial charge is 0.329 e. The predicted octanol–water partition coefficient (Wildman–Crippen LogP) is 4.91. The lowest BCUT2D eigenvalue weighted by Crippen LogP contribution is -2.68. The molecule has 0 radical (unpaired) electrons. The number of carbonyl (C=O) groups excluding carboxylic acids is 1. The van der Waals surface area contributed by atoms with Crippen LogP contribution in [0.2, 0.25) is 0 Å². The number of hydrogen-bond donors (Lipinski definition) is 2. The molecule has 33 heavy (non-hydrogen) atoms. The Bertz CT molecular complexity index is 1010. The molecule has 0 aliphatic heterocycles. The van der Waals surface area contributed by atoms with Crippen molar-refractivity contribution in [1.29, 1.82) is 5.26 Å². The van der Waals surface area contributed by atoms with Crippen LogP contribution in [0, 0.1) is 11.3 Å². The first kappa shape index (κ1) is 24.2. The molecule has 1 aliphatic carbocycles. The first-order valence-electron chi connectivity index (χ1n) is 10.9. The van der Waals surface area contributed by atoms with Crippen molar-refractivity contribution in [3.05, 3.63) is 71.3 Å². The maximum Gasteiger partial charge on any atom is 0.329 e.